The number of benzene rings is 1. The summed E-state index contributed by atoms with van der Waals surface area (Å²) in [6.07, 6.45) is 5.62. The number of hydrogen-bond acceptors (Lipinski definition) is 7. The molecule has 9 nitrogen and oxygen atoms in total. The summed E-state index contributed by atoms with van der Waals surface area (Å²) < 4.78 is 26.6. The zero-order valence-electron chi connectivity index (χ0n) is 26.5. The van der Waals surface area contributed by atoms with Gasteiger partial charge in [-0.3, -0.25) is 14.5 Å². The minimum absolute atomic E-state index is 0.00976. The van der Waals surface area contributed by atoms with Crippen molar-refractivity contribution < 1.29 is 28.6 Å². The molecule has 2 aromatic heterocycles. The second-order valence-corrected chi connectivity index (χ2v) is 12.8. The number of methoxy groups -OCH3 is 1. The number of carboxylic acids is 1. The van der Waals surface area contributed by atoms with Gasteiger partial charge in [0.2, 0.25) is 5.88 Å². The third-order valence-electron chi connectivity index (χ3n) is 8.56. The van der Waals surface area contributed by atoms with Crippen molar-refractivity contribution in [3.63, 3.8) is 0 Å². The third-order valence-corrected chi connectivity index (χ3v) is 8.56. The number of nitrogens with zero attached hydrogens (tertiary/aromatic N) is 4. The van der Waals surface area contributed by atoms with Crippen molar-refractivity contribution in [2.75, 3.05) is 43.2 Å². The Hall–Kier alpha value is -4.21. The Labute approximate surface area is 264 Å². The quantitative estimate of drug-likeness (QED) is 0.233. The number of rotatable bonds is 13. The van der Waals surface area contributed by atoms with Crippen LogP contribution >= 0.6 is 0 Å². The molecule has 1 saturated carbocycles. The molecule has 45 heavy (non-hydrogen) atoms. The smallest absolute Gasteiger partial charge is 0.303 e. The molecular formula is C35H43FN4O5. The molecule has 1 N–H and O–H groups in total. The van der Waals surface area contributed by atoms with Crippen LogP contribution in [0.25, 0.3) is 0 Å². The average Bonchev–Trinajstić information content (AvgIpc) is 3.86. The average molecular weight is 619 g/mol. The molecule has 5 rings (SSSR count). The third kappa shape index (κ3) is 8.49. The van der Waals surface area contributed by atoms with Crippen LogP contribution in [0.2, 0.25) is 0 Å². The van der Waals surface area contributed by atoms with Gasteiger partial charge in [0.15, 0.2) is 0 Å². The molecule has 1 atom stereocenters. The Balaban J connectivity index is 1.28. The summed E-state index contributed by atoms with van der Waals surface area (Å²) >= 11 is 0. The maximum Gasteiger partial charge on any atom is 0.303 e. The monoisotopic (exact) mass is 618 g/mol. The first-order chi connectivity index (χ1) is 21.5. The Morgan fingerprint density at radius 3 is 2.51 bits per heavy atom. The van der Waals surface area contributed by atoms with Gasteiger partial charge < -0.3 is 19.5 Å². The predicted octanol–water partition coefficient (Wildman–Crippen LogP) is 6.45. The summed E-state index contributed by atoms with van der Waals surface area (Å²) in [6, 6.07) is 14.6. The standard InChI is InChI=1S/C35H43FN4O5/c1-23-6-5-7-31(38-23)40(22-35(2,3)36)34(43)28-11-10-27(44-4)19-30(28)39-16-13-24(14-17-39)21-45-32-18-26(12-15-37-32)29(20-33(41)42)25-8-9-25/h5-7,10-12,15,18-19,24-25,29H,8-9,13-14,16-17,20-22H2,1-4H3,(H,41,42). The van der Waals surface area contributed by atoms with Crippen LogP contribution < -0.4 is 19.3 Å². The normalized spacial score (nSPS) is 16.2. The van der Waals surface area contributed by atoms with Gasteiger partial charge in [0.05, 0.1) is 37.9 Å². The van der Waals surface area contributed by atoms with Crippen molar-refractivity contribution in [1.29, 1.82) is 0 Å². The maximum atomic E-state index is 15.0. The number of hydrogen-bond donors (Lipinski definition) is 1. The van der Waals surface area contributed by atoms with Gasteiger partial charge >= 0.3 is 5.97 Å². The van der Waals surface area contributed by atoms with Crippen LogP contribution in [0.3, 0.4) is 0 Å². The van der Waals surface area contributed by atoms with Crippen molar-refractivity contribution >= 4 is 23.4 Å². The highest BCUT2D eigenvalue weighted by Gasteiger charge is 2.34. The molecule has 1 aliphatic heterocycles. The number of carboxylic acid groups (broad SMARTS) is 1. The Bertz CT molecular complexity index is 1500. The molecule has 3 aromatic rings. The Morgan fingerprint density at radius 2 is 1.87 bits per heavy atom. The summed E-state index contributed by atoms with van der Waals surface area (Å²) in [5.74, 6) is 1.15. The van der Waals surface area contributed by atoms with Crippen LogP contribution in [0.4, 0.5) is 15.9 Å². The molecule has 2 fully saturated rings. The maximum absolute atomic E-state index is 15.0. The lowest BCUT2D eigenvalue weighted by molar-refractivity contribution is -0.137. The van der Waals surface area contributed by atoms with Crippen LogP contribution in [0.5, 0.6) is 11.6 Å². The molecule has 1 aliphatic carbocycles. The molecule has 3 heterocycles. The number of anilines is 2. The molecule has 1 amide bonds. The van der Waals surface area contributed by atoms with E-state index in [2.05, 4.69) is 14.9 Å². The van der Waals surface area contributed by atoms with E-state index in [4.69, 9.17) is 9.47 Å². The number of pyridine rings is 2. The molecule has 2 aliphatic rings. The van der Waals surface area contributed by atoms with Crippen LogP contribution in [0.1, 0.15) is 73.5 Å². The van der Waals surface area contributed by atoms with E-state index in [9.17, 15) is 19.1 Å². The van der Waals surface area contributed by atoms with E-state index in [0.717, 1.165) is 42.6 Å². The van der Waals surface area contributed by atoms with E-state index in [1.807, 2.05) is 37.3 Å². The van der Waals surface area contributed by atoms with Crippen molar-refractivity contribution in [1.82, 2.24) is 9.97 Å². The van der Waals surface area contributed by atoms with Crippen LogP contribution in [-0.2, 0) is 4.79 Å². The molecule has 1 saturated heterocycles. The molecule has 0 bridgehead atoms. The summed E-state index contributed by atoms with van der Waals surface area (Å²) in [5.41, 5.74) is 1.29. The molecule has 240 valence electrons. The zero-order valence-corrected chi connectivity index (χ0v) is 26.5. The van der Waals surface area contributed by atoms with E-state index in [-0.39, 0.29) is 30.7 Å². The number of piperidine rings is 1. The van der Waals surface area contributed by atoms with Gasteiger partial charge in [-0.05, 0) is 100 Å². The highest BCUT2D eigenvalue weighted by Crippen LogP contribution is 2.45. The highest BCUT2D eigenvalue weighted by atomic mass is 19.1. The fourth-order valence-electron chi connectivity index (χ4n) is 6.06. The fourth-order valence-corrected chi connectivity index (χ4v) is 6.06. The van der Waals surface area contributed by atoms with E-state index in [0.29, 0.717) is 48.6 Å². The van der Waals surface area contributed by atoms with Gasteiger partial charge in [-0.1, -0.05) is 6.07 Å². The predicted molar refractivity (Wildman–Crippen MR) is 171 cm³/mol. The first-order valence-corrected chi connectivity index (χ1v) is 15.7. The van der Waals surface area contributed by atoms with Gasteiger partial charge in [-0.15, -0.1) is 0 Å². The van der Waals surface area contributed by atoms with Crippen molar-refractivity contribution in [2.24, 2.45) is 11.8 Å². The van der Waals surface area contributed by atoms with Gasteiger partial charge in [0, 0.05) is 37.1 Å². The number of aryl methyl sites for hydroxylation is 1. The number of amides is 1. The fraction of sp³-hybridized carbons (Fsp3) is 0.486. The molecule has 1 aromatic carbocycles. The number of alkyl halides is 1. The van der Waals surface area contributed by atoms with Gasteiger partial charge in [0.25, 0.3) is 5.91 Å². The lowest BCUT2D eigenvalue weighted by atomic mass is 9.92. The number of aromatic nitrogens is 2. The first kappa shape index (κ1) is 32.2. The van der Waals surface area contributed by atoms with Gasteiger partial charge in [-0.25, -0.2) is 14.4 Å². The van der Waals surface area contributed by atoms with Crippen LogP contribution in [0.15, 0.2) is 54.7 Å². The topological polar surface area (TPSA) is 105 Å². The summed E-state index contributed by atoms with van der Waals surface area (Å²) in [7, 11) is 1.59. The van der Waals surface area contributed by atoms with Gasteiger partial charge in [0.1, 0.15) is 17.2 Å². The lowest BCUT2D eigenvalue weighted by Crippen LogP contribution is -2.42. The van der Waals surface area contributed by atoms with E-state index in [1.54, 1.807) is 31.5 Å². The van der Waals surface area contributed by atoms with Gasteiger partial charge in [-0.2, -0.15) is 0 Å². The summed E-state index contributed by atoms with van der Waals surface area (Å²) in [6.45, 7) is 6.52. The Kier molecular flexibility index (Phi) is 9.90. The van der Waals surface area contributed by atoms with Crippen LogP contribution in [-0.4, -0.2) is 66.0 Å². The zero-order chi connectivity index (χ0) is 32.1. The number of carbonyl (C=O) groups is 2. The SMILES string of the molecule is COc1ccc(C(=O)N(CC(C)(C)F)c2cccc(C)n2)c(N2CCC(COc3cc(C(CC(=O)O)C4CC4)ccn3)CC2)c1. The van der Waals surface area contributed by atoms with Crippen molar-refractivity contribution in [3.05, 3.63) is 71.5 Å². The minimum Gasteiger partial charge on any atom is -0.497 e. The number of aliphatic carboxylic acids is 1. The van der Waals surface area contributed by atoms with E-state index in [1.165, 1.54) is 18.7 Å². The largest absolute Gasteiger partial charge is 0.497 e. The number of ether oxygens (including phenoxy) is 2. The lowest BCUT2D eigenvalue weighted by Gasteiger charge is -2.35. The van der Waals surface area contributed by atoms with Crippen molar-refractivity contribution in [3.8, 4) is 11.6 Å². The summed E-state index contributed by atoms with van der Waals surface area (Å²) in [5, 5.41) is 9.38. The second-order valence-electron chi connectivity index (χ2n) is 12.8. The number of halogens is 1. The molecular weight excluding hydrogens is 575 g/mol. The molecule has 0 spiro atoms. The molecule has 0 radical (unpaired) electrons. The minimum atomic E-state index is -1.63. The second kappa shape index (κ2) is 13.8. The van der Waals surface area contributed by atoms with Crippen LogP contribution in [0, 0.1) is 18.8 Å². The molecule has 1 unspecified atom stereocenters. The van der Waals surface area contributed by atoms with E-state index >= 15 is 0 Å². The Morgan fingerprint density at radius 1 is 1.11 bits per heavy atom. The number of carbonyl (C=O) groups excluding carboxylic acids is 1. The summed E-state index contributed by atoms with van der Waals surface area (Å²) in [4.78, 5) is 38.0. The first-order valence-electron chi connectivity index (χ1n) is 15.7. The highest BCUT2D eigenvalue weighted by molar-refractivity contribution is 6.09. The molecule has 10 heteroatoms. The van der Waals surface area contributed by atoms with Crippen molar-refractivity contribution in [2.45, 2.75) is 64.5 Å². The van der Waals surface area contributed by atoms with E-state index < -0.39 is 11.6 Å².